The van der Waals surface area contributed by atoms with E-state index in [0.717, 1.165) is 5.56 Å². The smallest absolute Gasteiger partial charge is 0.163 e. The Hall–Kier alpha value is -0.940. The van der Waals surface area contributed by atoms with Gasteiger partial charge in [0.2, 0.25) is 0 Å². The molecule has 0 spiro atoms. The van der Waals surface area contributed by atoms with Gasteiger partial charge in [0.1, 0.15) is 5.60 Å². The third kappa shape index (κ3) is 4.04. The van der Waals surface area contributed by atoms with E-state index >= 15 is 0 Å². The van der Waals surface area contributed by atoms with E-state index in [1.165, 1.54) is 0 Å². The lowest BCUT2D eigenvalue weighted by Crippen LogP contribution is -2.60. The largest absolute Gasteiger partial charge is 0.396 e. The monoisotopic (exact) mass is 294 g/mol. The van der Waals surface area contributed by atoms with E-state index in [-0.39, 0.29) is 18.6 Å². The van der Waals surface area contributed by atoms with Crippen LogP contribution in [0.5, 0.6) is 0 Å². The van der Waals surface area contributed by atoms with Crippen molar-refractivity contribution in [1.29, 1.82) is 0 Å². The van der Waals surface area contributed by atoms with E-state index < -0.39 is 11.4 Å². The number of rotatable bonds is 5. The summed E-state index contributed by atoms with van der Waals surface area (Å²) in [5, 5.41) is 9.50. The van der Waals surface area contributed by atoms with E-state index in [4.69, 9.17) is 14.2 Å². The van der Waals surface area contributed by atoms with Crippen molar-refractivity contribution in [3.63, 3.8) is 0 Å². The van der Waals surface area contributed by atoms with Crippen LogP contribution >= 0.6 is 0 Å². The predicted octanol–water partition coefficient (Wildman–Crippen LogP) is 2.74. The second-order valence-electron chi connectivity index (χ2n) is 6.47. The molecular weight excluding hydrogens is 268 g/mol. The third-order valence-corrected chi connectivity index (χ3v) is 3.94. The Kier molecular flexibility index (Phi) is 5.04. The van der Waals surface area contributed by atoms with E-state index in [9.17, 15) is 5.11 Å². The van der Waals surface area contributed by atoms with E-state index in [2.05, 4.69) is 0 Å². The Morgan fingerprint density at radius 2 is 1.95 bits per heavy atom. The van der Waals surface area contributed by atoms with Crippen molar-refractivity contribution in [2.75, 3.05) is 13.2 Å². The summed E-state index contributed by atoms with van der Waals surface area (Å²) in [7, 11) is 0. The topological polar surface area (TPSA) is 47.9 Å². The summed E-state index contributed by atoms with van der Waals surface area (Å²) in [5.74, 6) is -0.669. The minimum Gasteiger partial charge on any atom is -0.396 e. The standard InChI is InChI=1S/C17H26O4/c1-13(10-18)15-17(4,12-20-16(2,3)21-15)19-11-14-8-6-5-7-9-14/h5-9,13,15,18H,10-12H2,1-4H3/t13-,15+,17+/m0/s1. The molecule has 0 radical (unpaired) electrons. The minimum absolute atomic E-state index is 0.0195. The van der Waals surface area contributed by atoms with Crippen molar-refractivity contribution >= 4 is 0 Å². The van der Waals surface area contributed by atoms with Crippen LogP contribution in [0.1, 0.15) is 33.3 Å². The van der Waals surface area contributed by atoms with Gasteiger partial charge in [-0.25, -0.2) is 0 Å². The highest BCUT2D eigenvalue weighted by Crippen LogP contribution is 2.36. The lowest BCUT2D eigenvalue weighted by molar-refractivity contribution is -0.349. The first-order valence-electron chi connectivity index (χ1n) is 7.47. The highest BCUT2D eigenvalue weighted by molar-refractivity contribution is 5.13. The summed E-state index contributed by atoms with van der Waals surface area (Å²) >= 11 is 0. The predicted molar refractivity (Wildman–Crippen MR) is 80.8 cm³/mol. The summed E-state index contributed by atoms with van der Waals surface area (Å²) in [6.45, 7) is 8.74. The van der Waals surface area contributed by atoms with Crippen LogP contribution in [0.2, 0.25) is 0 Å². The summed E-state index contributed by atoms with van der Waals surface area (Å²) in [6.07, 6.45) is -0.213. The molecule has 0 aromatic heterocycles. The molecule has 1 heterocycles. The van der Waals surface area contributed by atoms with Crippen LogP contribution in [-0.2, 0) is 20.8 Å². The highest BCUT2D eigenvalue weighted by atomic mass is 16.7. The normalized spacial score (nSPS) is 30.0. The fourth-order valence-corrected chi connectivity index (χ4v) is 2.62. The third-order valence-electron chi connectivity index (χ3n) is 3.94. The molecule has 0 saturated carbocycles. The number of aliphatic hydroxyl groups excluding tert-OH is 1. The van der Waals surface area contributed by atoms with Gasteiger partial charge in [0.25, 0.3) is 0 Å². The number of hydrogen-bond donors (Lipinski definition) is 1. The van der Waals surface area contributed by atoms with Gasteiger partial charge in [-0.15, -0.1) is 0 Å². The van der Waals surface area contributed by atoms with Crippen molar-refractivity contribution in [3.8, 4) is 0 Å². The zero-order valence-corrected chi connectivity index (χ0v) is 13.3. The zero-order valence-electron chi connectivity index (χ0n) is 13.3. The quantitative estimate of drug-likeness (QED) is 0.907. The molecule has 0 amide bonds. The first kappa shape index (κ1) is 16.4. The highest BCUT2D eigenvalue weighted by Gasteiger charge is 2.48. The molecule has 0 aliphatic carbocycles. The Labute approximate surface area is 127 Å². The second kappa shape index (κ2) is 6.44. The molecule has 3 atom stereocenters. The van der Waals surface area contributed by atoms with Crippen LogP contribution in [0.25, 0.3) is 0 Å². The van der Waals surface area contributed by atoms with E-state index in [0.29, 0.717) is 13.2 Å². The molecule has 1 aliphatic rings. The maximum absolute atomic E-state index is 9.50. The van der Waals surface area contributed by atoms with E-state index in [1.807, 2.05) is 58.0 Å². The molecule has 1 aliphatic heterocycles. The molecule has 1 aromatic carbocycles. The van der Waals surface area contributed by atoms with Gasteiger partial charge in [0, 0.05) is 12.5 Å². The van der Waals surface area contributed by atoms with Gasteiger partial charge in [0.15, 0.2) is 5.79 Å². The van der Waals surface area contributed by atoms with Gasteiger partial charge in [-0.3, -0.25) is 0 Å². The number of hydrogen-bond acceptors (Lipinski definition) is 4. The molecule has 0 bridgehead atoms. The number of benzene rings is 1. The maximum atomic E-state index is 9.50. The SMILES string of the molecule is C[C@@H](CO)[C@H]1OC(C)(C)OC[C@@]1(C)OCc1ccccc1. The first-order valence-corrected chi connectivity index (χ1v) is 7.47. The van der Waals surface area contributed by atoms with E-state index in [1.54, 1.807) is 0 Å². The second-order valence-corrected chi connectivity index (χ2v) is 6.47. The van der Waals surface area contributed by atoms with Gasteiger partial charge >= 0.3 is 0 Å². The molecule has 0 unspecified atom stereocenters. The molecule has 1 fully saturated rings. The average Bonchev–Trinajstić information content (AvgIpc) is 2.48. The number of aliphatic hydroxyl groups is 1. The summed E-state index contributed by atoms with van der Waals surface area (Å²) in [4.78, 5) is 0. The Morgan fingerprint density at radius 1 is 1.29 bits per heavy atom. The van der Waals surface area contributed by atoms with Crippen molar-refractivity contribution in [1.82, 2.24) is 0 Å². The summed E-state index contributed by atoms with van der Waals surface area (Å²) < 4.78 is 17.9. The van der Waals surface area contributed by atoms with Crippen LogP contribution in [-0.4, -0.2) is 35.8 Å². The van der Waals surface area contributed by atoms with Crippen molar-refractivity contribution < 1.29 is 19.3 Å². The Bertz CT molecular complexity index is 445. The molecule has 1 aromatic rings. The van der Waals surface area contributed by atoms with Crippen LogP contribution in [0.15, 0.2) is 30.3 Å². The average molecular weight is 294 g/mol. The number of ether oxygens (including phenoxy) is 3. The Balaban J connectivity index is 2.09. The van der Waals surface area contributed by atoms with Gasteiger partial charge in [-0.2, -0.15) is 0 Å². The maximum Gasteiger partial charge on any atom is 0.163 e. The fraction of sp³-hybridized carbons (Fsp3) is 0.647. The lowest BCUT2D eigenvalue weighted by Gasteiger charge is -2.49. The molecular formula is C17H26O4. The first-order chi connectivity index (χ1) is 9.86. The minimum atomic E-state index is -0.649. The van der Waals surface area contributed by atoms with Crippen LogP contribution in [0.3, 0.4) is 0 Å². The van der Waals surface area contributed by atoms with Crippen LogP contribution in [0, 0.1) is 5.92 Å². The lowest BCUT2D eigenvalue weighted by atomic mass is 9.88. The van der Waals surface area contributed by atoms with Crippen molar-refractivity contribution in [3.05, 3.63) is 35.9 Å². The van der Waals surface area contributed by atoms with Gasteiger partial charge < -0.3 is 19.3 Å². The molecule has 21 heavy (non-hydrogen) atoms. The Morgan fingerprint density at radius 3 is 2.57 bits per heavy atom. The molecule has 1 saturated heterocycles. The molecule has 118 valence electrons. The summed E-state index contributed by atoms with van der Waals surface area (Å²) in [6, 6.07) is 10.0. The molecule has 4 nitrogen and oxygen atoms in total. The molecule has 2 rings (SSSR count). The van der Waals surface area contributed by atoms with Gasteiger partial charge in [0.05, 0.1) is 19.3 Å². The van der Waals surface area contributed by atoms with Crippen molar-refractivity contribution in [2.24, 2.45) is 5.92 Å². The van der Waals surface area contributed by atoms with Crippen LogP contribution < -0.4 is 0 Å². The zero-order chi connectivity index (χ0) is 15.5. The van der Waals surface area contributed by atoms with Gasteiger partial charge in [-0.1, -0.05) is 37.3 Å². The van der Waals surface area contributed by atoms with Gasteiger partial charge in [-0.05, 0) is 26.3 Å². The fourth-order valence-electron chi connectivity index (χ4n) is 2.62. The van der Waals surface area contributed by atoms with Crippen LogP contribution in [0.4, 0.5) is 0 Å². The molecule has 1 N–H and O–H groups in total. The molecule has 4 heteroatoms. The van der Waals surface area contributed by atoms with Crippen molar-refractivity contribution in [2.45, 2.75) is 51.8 Å². The summed E-state index contributed by atoms with van der Waals surface area (Å²) in [5.41, 5.74) is 0.534.